The van der Waals surface area contributed by atoms with Gasteiger partial charge in [-0.1, -0.05) is 29.9 Å². The van der Waals surface area contributed by atoms with Gasteiger partial charge < -0.3 is 0 Å². The van der Waals surface area contributed by atoms with Gasteiger partial charge in [0, 0.05) is 6.42 Å². The van der Waals surface area contributed by atoms with Gasteiger partial charge in [0.15, 0.2) is 10.3 Å². The zero-order valence-corrected chi connectivity index (χ0v) is 7.00. The first kappa shape index (κ1) is 7.69. The number of Topliss-reactive ketones (excluding diaryl/α,β-unsaturated/α-hetero) is 1. The van der Waals surface area contributed by atoms with E-state index >= 15 is 0 Å². The second kappa shape index (κ2) is 3.12. The number of halogens is 1. The van der Waals surface area contributed by atoms with E-state index < -0.39 is 0 Å². The van der Waals surface area contributed by atoms with Crippen molar-refractivity contribution in [2.45, 2.75) is 13.3 Å². The number of carbonyl (C=O) groups excluding carboxylic acids is 1. The van der Waals surface area contributed by atoms with Gasteiger partial charge >= 0.3 is 0 Å². The van der Waals surface area contributed by atoms with E-state index in [1.165, 1.54) is 17.5 Å². The normalized spacial score (nSPS) is 9.80. The highest BCUT2D eigenvalue weighted by atomic mass is 35.5. The first-order valence-corrected chi connectivity index (χ1v) is 4.08. The Morgan fingerprint density at radius 3 is 3.00 bits per heavy atom. The first-order valence-electron chi connectivity index (χ1n) is 2.88. The van der Waals surface area contributed by atoms with Gasteiger partial charge in [-0.2, -0.15) is 0 Å². The molecule has 0 bridgehead atoms. The van der Waals surface area contributed by atoms with Crippen LogP contribution in [0.25, 0.3) is 0 Å². The van der Waals surface area contributed by atoms with Gasteiger partial charge in [-0.05, 0) is 0 Å². The highest BCUT2D eigenvalue weighted by Crippen LogP contribution is 2.18. The van der Waals surface area contributed by atoms with Gasteiger partial charge in [-0.3, -0.25) is 4.79 Å². The third-order valence-corrected chi connectivity index (χ3v) is 2.23. The minimum atomic E-state index is 0.101. The van der Waals surface area contributed by atoms with E-state index in [9.17, 15) is 4.79 Å². The molecule has 0 fully saturated rings. The molecule has 0 aromatic carbocycles. The van der Waals surface area contributed by atoms with Crippen LogP contribution in [0.5, 0.6) is 0 Å². The predicted molar refractivity (Wildman–Crippen MR) is 41.7 cm³/mol. The lowest BCUT2D eigenvalue weighted by Gasteiger charge is -1.85. The van der Waals surface area contributed by atoms with Crippen LogP contribution in [0.1, 0.15) is 23.0 Å². The molecule has 2 nitrogen and oxygen atoms in total. The van der Waals surface area contributed by atoms with Crippen molar-refractivity contribution in [1.29, 1.82) is 0 Å². The highest BCUT2D eigenvalue weighted by molar-refractivity contribution is 7.17. The summed E-state index contributed by atoms with van der Waals surface area (Å²) in [5, 5.41) is 0. The summed E-state index contributed by atoms with van der Waals surface area (Å²) in [6, 6.07) is 0. The number of thiazole rings is 1. The van der Waals surface area contributed by atoms with Crippen molar-refractivity contribution >= 4 is 28.7 Å². The summed E-state index contributed by atoms with van der Waals surface area (Å²) in [6.45, 7) is 1.82. The van der Waals surface area contributed by atoms with Crippen molar-refractivity contribution in [1.82, 2.24) is 4.98 Å². The van der Waals surface area contributed by atoms with E-state index in [0.717, 1.165) is 0 Å². The molecular formula is C6H6ClNOS. The molecule has 0 unspecified atom stereocenters. The molecule has 0 saturated carbocycles. The number of nitrogens with zero attached hydrogens (tertiary/aromatic N) is 1. The van der Waals surface area contributed by atoms with E-state index in [0.29, 0.717) is 15.8 Å². The van der Waals surface area contributed by atoms with Crippen LogP contribution in [0.15, 0.2) is 6.20 Å². The van der Waals surface area contributed by atoms with E-state index in [1.807, 2.05) is 6.92 Å². The van der Waals surface area contributed by atoms with Crippen molar-refractivity contribution in [2.75, 3.05) is 0 Å². The summed E-state index contributed by atoms with van der Waals surface area (Å²) in [7, 11) is 0. The molecular weight excluding hydrogens is 170 g/mol. The maximum absolute atomic E-state index is 10.9. The van der Waals surface area contributed by atoms with Crippen LogP contribution in [-0.2, 0) is 0 Å². The van der Waals surface area contributed by atoms with Crippen LogP contribution in [0.2, 0.25) is 4.47 Å². The average Bonchev–Trinajstić information content (AvgIpc) is 2.34. The Bertz CT molecular complexity index is 246. The quantitative estimate of drug-likeness (QED) is 0.646. The van der Waals surface area contributed by atoms with Gasteiger partial charge in [0.05, 0.1) is 11.1 Å². The molecule has 54 valence electrons. The molecule has 0 aliphatic rings. The third-order valence-electron chi connectivity index (χ3n) is 1.07. The molecule has 0 saturated heterocycles. The highest BCUT2D eigenvalue weighted by Gasteiger charge is 2.05. The zero-order chi connectivity index (χ0) is 7.56. The fourth-order valence-corrected chi connectivity index (χ4v) is 1.50. The predicted octanol–water partition coefficient (Wildman–Crippen LogP) is 2.39. The number of hydrogen-bond acceptors (Lipinski definition) is 3. The van der Waals surface area contributed by atoms with Crippen molar-refractivity contribution in [2.24, 2.45) is 0 Å². The molecule has 1 aromatic rings. The number of hydrogen-bond donors (Lipinski definition) is 0. The summed E-state index contributed by atoms with van der Waals surface area (Å²) in [6.07, 6.45) is 2.03. The number of aromatic nitrogens is 1. The fraction of sp³-hybridized carbons (Fsp3) is 0.333. The molecule has 1 rings (SSSR count). The lowest BCUT2D eigenvalue weighted by Crippen LogP contribution is -1.90. The van der Waals surface area contributed by atoms with E-state index in [-0.39, 0.29) is 5.78 Å². The Morgan fingerprint density at radius 1 is 1.90 bits per heavy atom. The topological polar surface area (TPSA) is 30.0 Å². The second-order valence-corrected chi connectivity index (χ2v) is 3.37. The van der Waals surface area contributed by atoms with Gasteiger partial charge in [0.1, 0.15) is 0 Å². The lowest BCUT2D eigenvalue weighted by molar-refractivity contribution is 0.0992. The Labute approximate surface area is 67.9 Å². The van der Waals surface area contributed by atoms with E-state index in [2.05, 4.69) is 4.98 Å². The molecule has 0 spiro atoms. The molecule has 4 heteroatoms. The van der Waals surface area contributed by atoms with Crippen LogP contribution in [0, 0.1) is 0 Å². The summed E-state index contributed by atoms with van der Waals surface area (Å²) in [5.74, 6) is 0.101. The first-order chi connectivity index (χ1) is 4.74. The molecule has 1 aromatic heterocycles. The molecule has 1 heterocycles. The number of rotatable bonds is 2. The minimum absolute atomic E-state index is 0.101. The van der Waals surface area contributed by atoms with Crippen LogP contribution >= 0.6 is 22.9 Å². The summed E-state index contributed by atoms with van der Waals surface area (Å²) < 4.78 is 0.428. The lowest BCUT2D eigenvalue weighted by atomic mass is 10.3. The minimum Gasteiger partial charge on any atom is -0.293 e. The van der Waals surface area contributed by atoms with Crippen molar-refractivity contribution in [3.8, 4) is 0 Å². The van der Waals surface area contributed by atoms with Crippen molar-refractivity contribution in [3.05, 3.63) is 15.5 Å². The summed E-state index contributed by atoms with van der Waals surface area (Å²) >= 11 is 6.74. The molecule has 10 heavy (non-hydrogen) atoms. The SMILES string of the molecule is CCC(=O)c1cnc(Cl)s1. The Morgan fingerprint density at radius 2 is 2.60 bits per heavy atom. The third kappa shape index (κ3) is 1.55. The molecule has 0 N–H and O–H groups in total. The van der Waals surface area contributed by atoms with Gasteiger partial charge in [-0.15, -0.1) is 0 Å². The fourth-order valence-electron chi connectivity index (χ4n) is 0.556. The van der Waals surface area contributed by atoms with Crippen molar-refractivity contribution < 1.29 is 4.79 Å². The maximum atomic E-state index is 10.9. The smallest absolute Gasteiger partial charge is 0.184 e. The molecule has 0 atom stereocenters. The van der Waals surface area contributed by atoms with Gasteiger partial charge in [-0.25, -0.2) is 4.98 Å². The van der Waals surface area contributed by atoms with Gasteiger partial charge in [0.2, 0.25) is 0 Å². The van der Waals surface area contributed by atoms with Crippen LogP contribution in [-0.4, -0.2) is 10.8 Å². The van der Waals surface area contributed by atoms with Crippen LogP contribution in [0.3, 0.4) is 0 Å². The summed E-state index contributed by atoms with van der Waals surface area (Å²) in [5.41, 5.74) is 0. The number of ketones is 1. The maximum Gasteiger partial charge on any atom is 0.184 e. The van der Waals surface area contributed by atoms with Crippen molar-refractivity contribution in [3.63, 3.8) is 0 Å². The van der Waals surface area contributed by atoms with Gasteiger partial charge in [0.25, 0.3) is 0 Å². The molecule has 0 radical (unpaired) electrons. The molecule has 0 amide bonds. The Balaban J connectivity index is 2.85. The summed E-state index contributed by atoms with van der Waals surface area (Å²) in [4.78, 5) is 15.3. The van der Waals surface area contributed by atoms with E-state index in [4.69, 9.17) is 11.6 Å². The zero-order valence-electron chi connectivity index (χ0n) is 5.43. The second-order valence-electron chi connectivity index (χ2n) is 1.75. The number of carbonyl (C=O) groups is 1. The Hall–Kier alpha value is -0.410. The van der Waals surface area contributed by atoms with Crippen LogP contribution in [0.4, 0.5) is 0 Å². The monoisotopic (exact) mass is 175 g/mol. The van der Waals surface area contributed by atoms with Crippen LogP contribution < -0.4 is 0 Å². The van der Waals surface area contributed by atoms with E-state index in [1.54, 1.807) is 0 Å². The largest absolute Gasteiger partial charge is 0.293 e. The molecule has 0 aliphatic carbocycles. The standard InChI is InChI=1S/C6H6ClNOS/c1-2-4(9)5-3-8-6(7)10-5/h3H,2H2,1H3. The average molecular weight is 176 g/mol. The molecule has 0 aliphatic heterocycles. The Kier molecular flexibility index (Phi) is 2.40.